The van der Waals surface area contributed by atoms with E-state index in [1.54, 1.807) is 0 Å². The number of allylic oxidation sites excluding steroid dienone is 30. The van der Waals surface area contributed by atoms with Gasteiger partial charge >= 0.3 is 17.9 Å². The van der Waals surface area contributed by atoms with Gasteiger partial charge in [-0.05, 0) is 161 Å². The Labute approximate surface area is 497 Å². The molecule has 0 saturated carbocycles. The number of unbranched alkanes of at least 4 members (excludes halogenated alkanes) is 15. The van der Waals surface area contributed by atoms with Crippen LogP contribution >= 0.6 is 0 Å². The molecule has 6 nitrogen and oxygen atoms in total. The molecule has 0 radical (unpaired) electrons. The van der Waals surface area contributed by atoms with Crippen molar-refractivity contribution >= 4 is 17.9 Å². The van der Waals surface area contributed by atoms with Crippen molar-refractivity contribution in [2.75, 3.05) is 13.2 Å². The van der Waals surface area contributed by atoms with E-state index < -0.39 is 6.10 Å². The lowest BCUT2D eigenvalue weighted by Crippen LogP contribution is -2.30. The van der Waals surface area contributed by atoms with Gasteiger partial charge < -0.3 is 14.2 Å². The summed E-state index contributed by atoms with van der Waals surface area (Å²) in [4.78, 5) is 38.3. The van der Waals surface area contributed by atoms with E-state index in [1.165, 1.54) is 38.5 Å². The standard InChI is InChI=1S/C75H116O6/c1-4-7-10-13-16-19-22-25-28-30-32-33-34-35-36-37-38-39-40-41-43-44-47-50-53-56-59-62-65-68-74(77)80-71-72(70-79-73(76)67-64-61-58-55-52-49-46-27-24-21-18-15-12-9-6-3)81-75(78)69-66-63-60-57-54-51-48-45-42-31-29-26-23-20-17-14-11-8-5-2/h7,9-10,12,16-21,25-29,32-33,35-36,38-39,41-43,45-47,50,52,55,72H,4-6,8,11,13-15,22-24,30-31,34,37,40,44,48-49,51,53-54,56-71H2,1-3H3/b10-7-,12-9-,19-16-,20-17-,21-18-,28-25-,29-26-,33-32-,36-35-,39-38-,43-41-,45-42-,46-27-,50-47-,55-52-. The second-order valence-corrected chi connectivity index (χ2v) is 20.5. The summed E-state index contributed by atoms with van der Waals surface area (Å²) in [6.45, 7) is 6.30. The molecule has 0 spiro atoms. The van der Waals surface area contributed by atoms with Crippen LogP contribution in [0.1, 0.15) is 252 Å². The molecule has 0 rings (SSSR count). The highest BCUT2D eigenvalue weighted by molar-refractivity contribution is 5.71. The van der Waals surface area contributed by atoms with Crippen molar-refractivity contribution < 1.29 is 28.6 Å². The lowest BCUT2D eigenvalue weighted by Gasteiger charge is -2.18. The van der Waals surface area contributed by atoms with Crippen molar-refractivity contribution in [3.05, 3.63) is 182 Å². The topological polar surface area (TPSA) is 78.9 Å². The molecule has 0 N–H and O–H groups in total. The van der Waals surface area contributed by atoms with E-state index in [-0.39, 0.29) is 44.0 Å². The molecule has 0 bridgehead atoms. The van der Waals surface area contributed by atoms with Gasteiger partial charge in [-0.2, -0.15) is 0 Å². The van der Waals surface area contributed by atoms with Crippen molar-refractivity contribution in [3.8, 4) is 0 Å². The van der Waals surface area contributed by atoms with Gasteiger partial charge in [-0.15, -0.1) is 0 Å². The summed E-state index contributed by atoms with van der Waals surface area (Å²) < 4.78 is 16.9. The highest BCUT2D eigenvalue weighted by Crippen LogP contribution is 2.13. The van der Waals surface area contributed by atoms with E-state index >= 15 is 0 Å². The molecule has 1 unspecified atom stereocenters. The summed E-state index contributed by atoms with van der Waals surface area (Å²) in [6.07, 6.45) is 100. The van der Waals surface area contributed by atoms with Crippen LogP contribution < -0.4 is 0 Å². The Morgan fingerprint density at radius 1 is 0.259 bits per heavy atom. The Bertz CT molecular complexity index is 1900. The van der Waals surface area contributed by atoms with Crippen LogP contribution in [0.2, 0.25) is 0 Å². The first-order valence-corrected chi connectivity index (χ1v) is 32.3. The zero-order chi connectivity index (χ0) is 58.5. The molecule has 0 aromatic carbocycles. The maximum Gasteiger partial charge on any atom is 0.306 e. The van der Waals surface area contributed by atoms with Crippen molar-refractivity contribution in [1.82, 2.24) is 0 Å². The quantitative estimate of drug-likeness (QED) is 0.0261. The van der Waals surface area contributed by atoms with E-state index in [0.717, 1.165) is 167 Å². The lowest BCUT2D eigenvalue weighted by atomic mass is 10.1. The summed E-state index contributed by atoms with van der Waals surface area (Å²) in [6, 6.07) is 0. The van der Waals surface area contributed by atoms with Crippen molar-refractivity contribution in [2.45, 2.75) is 258 Å². The van der Waals surface area contributed by atoms with Gasteiger partial charge in [-0.25, -0.2) is 0 Å². The minimum Gasteiger partial charge on any atom is -0.462 e. The number of ether oxygens (including phenoxy) is 3. The molecule has 0 heterocycles. The summed E-state index contributed by atoms with van der Waals surface area (Å²) in [5.74, 6) is -1.00. The predicted octanol–water partition coefficient (Wildman–Crippen LogP) is 22.4. The third-order valence-corrected chi connectivity index (χ3v) is 12.9. The van der Waals surface area contributed by atoms with Crippen LogP contribution in [0, 0.1) is 0 Å². The van der Waals surface area contributed by atoms with Crippen LogP contribution in [0.3, 0.4) is 0 Å². The molecule has 0 aromatic heterocycles. The fourth-order valence-electron chi connectivity index (χ4n) is 8.10. The van der Waals surface area contributed by atoms with Gasteiger partial charge in [0, 0.05) is 19.3 Å². The molecule has 0 aliphatic carbocycles. The highest BCUT2D eigenvalue weighted by Gasteiger charge is 2.19. The van der Waals surface area contributed by atoms with Gasteiger partial charge in [0.2, 0.25) is 0 Å². The molecule has 6 heteroatoms. The van der Waals surface area contributed by atoms with E-state index in [4.69, 9.17) is 14.2 Å². The average Bonchev–Trinajstić information content (AvgIpc) is 3.47. The third-order valence-electron chi connectivity index (χ3n) is 12.9. The summed E-state index contributed by atoms with van der Waals surface area (Å²) >= 11 is 0. The molecule has 0 aliphatic heterocycles. The number of rotatable bonds is 56. The predicted molar refractivity (Wildman–Crippen MR) is 352 cm³/mol. The Kier molecular flexibility index (Phi) is 62.5. The smallest absolute Gasteiger partial charge is 0.306 e. The second kappa shape index (κ2) is 67.0. The van der Waals surface area contributed by atoms with Gasteiger partial charge in [-0.1, -0.05) is 254 Å². The van der Waals surface area contributed by atoms with E-state index in [0.29, 0.717) is 12.8 Å². The van der Waals surface area contributed by atoms with Crippen LogP contribution in [0.4, 0.5) is 0 Å². The Balaban J connectivity index is 4.50. The Hall–Kier alpha value is -5.49. The number of esters is 3. The lowest BCUT2D eigenvalue weighted by molar-refractivity contribution is -0.167. The first-order valence-electron chi connectivity index (χ1n) is 32.3. The SMILES string of the molecule is CC/C=C\C/C=C\C/C=C\C/C=C\C/C=C\C/C=C\C/C=C\C/C=C\CCCCCCC(=O)OCC(COC(=O)CCCC/C=C\C/C=C\C/C=C\C/C=C\CC)OC(=O)CCCCCCCC/C=C\C/C=C\C/C=C\CCCCC. The molecule has 0 amide bonds. The molecule has 0 saturated heterocycles. The highest BCUT2D eigenvalue weighted by atomic mass is 16.6. The largest absolute Gasteiger partial charge is 0.462 e. The normalized spacial score (nSPS) is 13.4. The minimum atomic E-state index is -0.825. The summed E-state index contributed by atoms with van der Waals surface area (Å²) in [5, 5.41) is 0. The van der Waals surface area contributed by atoms with Crippen LogP contribution in [-0.2, 0) is 28.6 Å². The number of carbonyl (C=O) groups is 3. The van der Waals surface area contributed by atoms with Gasteiger partial charge in [0.15, 0.2) is 6.10 Å². The molecular weight excluding hydrogens is 997 g/mol. The zero-order valence-corrected chi connectivity index (χ0v) is 51.7. The Morgan fingerprint density at radius 3 is 0.778 bits per heavy atom. The molecule has 0 aromatic rings. The maximum absolute atomic E-state index is 12.9. The first kappa shape index (κ1) is 75.5. The molecule has 1 atom stereocenters. The molecule has 81 heavy (non-hydrogen) atoms. The van der Waals surface area contributed by atoms with Gasteiger partial charge in [0.25, 0.3) is 0 Å². The van der Waals surface area contributed by atoms with Crippen LogP contribution in [0.25, 0.3) is 0 Å². The maximum atomic E-state index is 12.9. The molecule has 452 valence electrons. The van der Waals surface area contributed by atoms with Gasteiger partial charge in [-0.3, -0.25) is 14.4 Å². The molecule has 0 aliphatic rings. The van der Waals surface area contributed by atoms with Crippen molar-refractivity contribution in [1.29, 1.82) is 0 Å². The third kappa shape index (κ3) is 65.2. The minimum absolute atomic E-state index is 0.119. The van der Waals surface area contributed by atoms with Gasteiger partial charge in [0.1, 0.15) is 13.2 Å². The van der Waals surface area contributed by atoms with Gasteiger partial charge in [0.05, 0.1) is 0 Å². The number of hydrogen-bond acceptors (Lipinski definition) is 6. The summed E-state index contributed by atoms with van der Waals surface area (Å²) in [5.41, 5.74) is 0. The van der Waals surface area contributed by atoms with Crippen LogP contribution in [-0.4, -0.2) is 37.2 Å². The summed E-state index contributed by atoms with van der Waals surface area (Å²) in [7, 11) is 0. The van der Waals surface area contributed by atoms with Crippen molar-refractivity contribution in [3.63, 3.8) is 0 Å². The Morgan fingerprint density at radius 2 is 0.481 bits per heavy atom. The van der Waals surface area contributed by atoms with Crippen LogP contribution in [0.15, 0.2) is 182 Å². The van der Waals surface area contributed by atoms with E-state index in [1.807, 2.05) is 0 Å². The van der Waals surface area contributed by atoms with E-state index in [9.17, 15) is 14.4 Å². The monoisotopic (exact) mass is 1110 g/mol. The van der Waals surface area contributed by atoms with Crippen LogP contribution in [0.5, 0.6) is 0 Å². The van der Waals surface area contributed by atoms with Crippen molar-refractivity contribution in [2.24, 2.45) is 0 Å². The molecular formula is C75H116O6. The fourth-order valence-corrected chi connectivity index (χ4v) is 8.10. The van der Waals surface area contributed by atoms with E-state index in [2.05, 4.69) is 203 Å². The number of hydrogen-bond donors (Lipinski definition) is 0. The number of carbonyl (C=O) groups excluding carboxylic acids is 3. The second-order valence-electron chi connectivity index (χ2n) is 20.5. The zero-order valence-electron chi connectivity index (χ0n) is 51.7. The first-order chi connectivity index (χ1) is 40.0. The fraction of sp³-hybridized carbons (Fsp3) is 0.560. The average molecular weight is 1110 g/mol. The molecule has 0 fully saturated rings.